The standard InChI is InChI=1S/C20H26N4O3/c25-18-6-3-9-22(18)10-7-15-13-24(17-5-2-1-4-16(15)17)20(27)14-23-11-8-21-12-19(23)26/h1-2,4-5,15,21H,3,6-14H2/t15-/m0/s1. The van der Waals surface area contributed by atoms with E-state index in [2.05, 4.69) is 11.4 Å². The number of nitrogens with one attached hydrogen (secondary N) is 1. The molecule has 0 unspecified atom stereocenters. The summed E-state index contributed by atoms with van der Waals surface area (Å²) in [6.45, 7) is 3.95. The smallest absolute Gasteiger partial charge is 0.246 e. The molecule has 0 bridgehead atoms. The molecule has 1 aromatic carbocycles. The Morgan fingerprint density at radius 2 is 1.96 bits per heavy atom. The summed E-state index contributed by atoms with van der Waals surface area (Å²) in [5.41, 5.74) is 2.12. The number of hydrogen-bond donors (Lipinski definition) is 1. The van der Waals surface area contributed by atoms with Crippen molar-refractivity contribution >= 4 is 23.4 Å². The Bertz CT molecular complexity index is 750. The van der Waals surface area contributed by atoms with Crippen LogP contribution in [-0.2, 0) is 14.4 Å². The lowest BCUT2D eigenvalue weighted by molar-refractivity contribution is -0.135. The molecular weight excluding hydrogens is 344 g/mol. The number of benzene rings is 1. The predicted molar refractivity (Wildman–Crippen MR) is 101 cm³/mol. The molecule has 1 atom stereocenters. The molecule has 0 aliphatic carbocycles. The van der Waals surface area contributed by atoms with E-state index in [1.807, 2.05) is 28.0 Å². The minimum absolute atomic E-state index is 0.0221. The monoisotopic (exact) mass is 370 g/mol. The average Bonchev–Trinajstić information content (AvgIpc) is 3.25. The Morgan fingerprint density at radius 1 is 1.11 bits per heavy atom. The molecule has 1 N–H and O–H groups in total. The topological polar surface area (TPSA) is 73.0 Å². The van der Waals surface area contributed by atoms with Gasteiger partial charge in [-0.25, -0.2) is 0 Å². The fourth-order valence-corrected chi connectivity index (χ4v) is 4.29. The maximum atomic E-state index is 12.9. The highest BCUT2D eigenvalue weighted by atomic mass is 16.2. The summed E-state index contributed by atoms with van der Waals surface area (Å²) in [4.78, 5) is 42.2. The first kappa shape index (κ1) is 18.0. The number of amides is 3. The number of rotatable bonds is 5. The van der Waals surface area contributed by atoms with Crippen LogP contribution in [0.4, 0.5) is 5.69 Å². The van der Waals surface area contributed by atoms with Gasteiger partial charge in [0, 0.05) is 50.7 Å². The van der Waals surface area contributed by atoms with E-state index in [-0.39, 0.29) is 30.2 Å². The Balaban J connectivity index is 1.43. The highest BCUT2D eigenvalue weighted by molar-refractivity contribution is 5.99. The van der Waals surface area contributed by atoms with E-state index in [9.17, 15) is 14.4 Å². The molecule has 3 amide bonds. The minimum atomic E-state index is -0.0301. The number of nitrogens with zero attached hydrogens (tertiary/aromatic N) is 3. The number of fused-ring (bicyclic) bond motifs is 1. The van der Waals surface area contributed by atoms with E-state index in [1.165, 1.54) is 5.56 Å². The fourth-order valence-electron chi connectivity index (χ4n) is 4.29. The van der Waals surface area contributed by atoms with E-state index in [0.29, 0.717) is 26.1 Å². The van der Waals surface area contributed by atoms with Crippen molar-refractivity contribution in [2.45, 2.75) is 25.2 Å². The van der Waals surface area contributed by atoms with Gasteiger partial charge in [-0.1, -0.05) is 18.2 Å². The predicted octanol–water partition coefficient (Wildman–Crippen LogP) is 0.561. The van der Waals surface area contributed by atoms with Crippen molar-refractivity contribution in [1.82, 2.24) is 15.1 Å². The molecule has 3 aliphatic heterocycles. The SMILES string of the molecule is O=C1CCCN1CC[C@H]1CN(C(=O)CN2CCNCC2=O)c2ccccc21. The van der Waals surface area contributed by atoms with E-state index < -0.39 is 0 Å². The van der Waals surface area contributed by atoms with E-state index in [1.54, 1.807) is 4.90 Å². The van der Waals surface area contributed by atoms with Gasteiger partial charge < -0.3 is 20.0 Å². The molecule has 27 heavy (non-hydrogen) atoms. The lowest BCUT2D eigenvalue weighted by Gasteiger charge is -2.29. The molecule has 0 saturated carbocycles. The van der Waals surface area contributed by atoms with Crippen LogP contribution in [0, 0.1) is 0 Å². The van der Waals surface area contributed by atoms with Crippen LogP contribution in [0.25, 0.3) is 0 Å². The van der Waals surface area contributed by atoms with Crippen molar-refractivity contribution in [3.8, 4) is 0 Å². The molecule has 4 rings (SSSR count). The average molecular weight is 370 g/mol. The van der Waals surface area contributed by atoms with Crippen molar-refractivity contribution in [3.63, 3.8) is 0 Å². The third kappa shape index (κ3) is 3.69. The maximum Gasteiger partial charge on any atom is 0.246 e. The Hall–Kier alpha value is -2.41. The first-order valence-electron chi connectivity index (χ1n) is 9.79. The van der Waals surface area contributed by atoms with Crippen LogP contribution in [0.5, 0.6) is 0 Å². The second-order valence-electron chi connectivity index (χ2n) is 7.53. The summed E-state index contributed by atoms with van der Waals surface area (Å²) >= 11 is 0. The Labute approximate surface area is 159 Å². The number of likely N-dealkylation sites (tertiary alicyclic amines) is 1. The second kappa shape index (κ2) is 7.68. The normalized spacial score (nSPS) is 22.5. The van der Waals surface area contributed by atoms with Gasteiger partial charge in [0.1, 0.15) is 6.54 Å². The molecule has 1 aromatic rings. The number of carbonyl (C=O) groups is 3. The zero-order valence-electron chi connectivity index (χ0n) is 15.5. The molecule has 7 heteroatoms. The van der Waals surface area contributed by atoms with Gasteiger partial charge >= 0.3 is 0 Å². The minimum Gasteiger partial charge on any atom is -0.343 e. The summed E-state index contributed by atoms with van der Waals surface area (Å²) in [5, 5.41) is 3.03. The molecule has 2 saturated heterocycles. The van der Waals surface area contributed by atoms with Crippen molar-refractivity contribution in [3.05, 3.63) is 29.8 Å². The molecule has 0 radical (unpaired) electrons. The Kier molecular flexibility index (Phi) is 5.11. The number of piperazine rings is 1. The lowest BCUT2D eigenvalue weighted by Crippen LogP contribution is -2.51. The molecule has 2 fully saturated rings. The van der Waals surface area contributed by atoms with Gasteiger partial charge in [0.15, 0.2) is 0 Å². The molecule has 7 nitrogen and oxygen atoms in total. The third-order valence-electron chi connectivity index (χ3n) is 5.80. The molecule has 0 aromatic heterocycles. The van der Waals surface area contributed by atoms with Crippen molar-refractivity contribution in [2.75, 3.05) is 50.7 Å². The summed E-state index contributed by atoms with van der Waals surface area (Å²) in [6, 6.07) is 8.00. The van der Waals surface area contributed by atoms with E-state index >= 15 is 0 Å². The van der Waals surface area contributed by atoms with Crippen LogP contribution in [0.2, 0.25) is 0 Å². The summed E-state index contributed by atoms with van der Waals surface area (Å²) < 4.78 is 0. The van der Waals surface area contributed by atoms with Gasteiger partial charge in [-0.2, -0.15) is 0 Å². The van der Waals surface area contributed by atoms with Gasteiger partial charge in [0.05, 0.1) is 6.54 Å². The first-order chi connectivity index (χ1) is 13.1. The summed E-state index contributed by atoms with van der Waals surface area (Å²) in [6.07, 6.45) is 2.47. The van der Waals surface area contributed by atoms with Gasteiger partial charge in [0.25, 0.3) is 0 Å². The summed E-state index contributed by atoms with van der Waals surface area (Å²) in [5.74, 6) is 0.423. The quantitative estimate of drug-likeness (QED) is 0.822. The highest BCUT2D eigenvalue weighted by Gasteiger charge is 2.34. The van der Waals surface area contributed by atoms with Crippen LogP contribution in [-0.4, -0.2) is 73.3 Å². The highest BCUT2D eigenvalue weighted by Crippen LogP contribution is 2.38. The number of anilines is 1. The molecule has 0 spiro atoms. The second-order valence-corrected chi connectivity index (χ2v) is 7.53. The third-order valence-corrected chi connectivity index (χ3v) is 5.80. The van der Waals surface area contributed by atoms with Crippen LogP contribution < -0.4 is 10.2 Å². The van der Waals surface area contributed by atoms with Crippen molar-refractivity contribution in [2.24, 2.45) is 0 Å². The van der Waals surface area contributed by atoms with Gasteiger partial charge in [0.2, 0.25) is 17.7 Å². The van der Waals surface area contributed by atoms with Crippen molar-refractivity contribution < 1.29 is 14.4 Å². The zero-order chi connectivity index (χ0) is 18.8. The van der Waals surface area contributed by atoms with E-state index in [4.69, 9.17) is 0 Å². The van der Waals surface area contributed by atoms with Crippen molar-refractivity contribution in [1.29, 1.82) is 0 Å². The van der Waals surface area contributed by atoms with Crippen LogP contribution >= 0.6 is 0 Å². The van der Waals surface area contributed by atoms with Gasteiger partial charge in [-0.05, 0) is 24.5 Å². The lowest BCUT2D eigenvalue weighted by atomic mass is 9.98. The van der Waals surface area contributed by atoms with E-state index in [0.717, 1.165) is 38.2 Å². The van der Waals surface area contributed by atoms with Gasteiger partial charge in [-0.3, -0.25) is 14.4 Å². The maximum absolute atomic E-state index is 12.9. The van der Waals surface area contributed by atoms with Crippen LogP contribution in [0.3, 0.4) is 0 Å². The largest absolute Gasteiger partial charge is 0.343 e. The summed E-state index contributed by atoms with van der Waals surface area (Å²) in [7, 11) is 0. The first-order valence-corrected chi connectivity index (χ1v) is 9.79. The number of hydrogen-bond acceptors (Lipinski definition) is 4. The fraction of sp³-hybridized carbons (Fsp3) is 0.550. The molecule has 3 aliphatic rings. The Morgan fingerprint density at radius 3 is 2.74 bits per heavy atom. The van der Waals surface area contributed by atoms with Crippen LogP contribution in [0.1, 0.15) is 30.7 Å². The van der Waals surface area contributed by atoms with Crippen LogP contribution in [0.15, 0.2) is 24.3 Å². The molecule has 144 valence electrons. The number of carbonyl (C=O) groups excluding carboxylic acids is 3. The van der Waals surface area contributed by atoms with Gasteiger partial charge in [-0.15, -0.1) is 0 Å². The molecular formula is C20H26N4O3. The molecule has 3 heterocycles. The number of para-hydroxylation sites is 1. The zero-order valence-corrected chi connectivity index (χ0v) is 15.5.